The van der Waals surface area contributed by atoms with Gasteiger partial charge in [-0.15, -0.1) is 0 Å². The molecule has 0 aromatic rings. The summed E-state index contributed by atoms with van der Waals surface area (Å²) in [7, 11) is 0. The molecule has 0 heterocycles. The standard InChI is InChI=1S/C15H30/c1-4-7-15-9-6-8-14(5-2)11-10-13(3)12-15/h13-15H,4-12H2,1-3H3. The van der Waals surface area contributed by atoms with Gasteiger partial charge in [0, 0.05) is 0 Å². The summed E-state index contributed by atoms with van der Waals surface area (Å²) < 4.78 is 0. The van der Waals surface area contributed by atoms with Crippen LogP contribution in [-0.2, 0) is 0 Å². The van der Waals surface area contributed by atoms with E-state index in [1.165, 1.54) is 57.8 Å². The lowest BCUT2D eigenvalue weighted by Gasteiger charge is -2.18. The van der Waals surface area contributed by atoms with E-state index in [0.717, 1.165) is 17.8 Å². The summed E-state index contributed by atoms with van der Waals surface area (Å²) >= 11 is 0. The van der Waals surface area contributed by atoms with Crippen molar-refractivity contribution in [1.82, 2.24) is 0 Å². The Balaban J connectivity index is 2.41. The molecule has 0 spiro atoms. The van der Waals surface area contributed by atoms with Gasteiger partial charge in [-0.2, -0.15) is 0 Å². The third kappa shape index (κ3) is 5.04. The van der Waals surface area contributed by atoms with Gasteiger partial charge in [-0.05, 0) is 24.2 Å². The van der Waals surface area contributed by atoms with Crippen LogP contribution >= 0.6 is 0 Å². The van der Waals surface area contributed by atoms with E-state index in [1.54, 1.807) is 0 Å². The van der Waals surface area contributed by atoms with Crippen molar-refractivity contribution in [2.24, 2.45) is 17.8 Å². The fourth-order valence-corrected chi connectivity index (χ4v) is 3.24. The summed E-state index contributed by atoms with van der Waals surface area (Å²) in [6.45, 7) is 7.18. The maximum atomic E-state index is 2.47. The van der Waals surface area contributed by atoms with Gasteiger partial charge in [-0.25, -0.2) is 0 Å². The van der Waals surface area contributed by atoms with Crippen molar-refractivity contribution < 1.29 is 0 Å². The summed E-state index contributed by atoms with van der Waals surface area (Å²) in [4.78, 5) is 0. The second kappa shape index (κ2) is 7.30. The zero-order valence-corrected chi connectivity index (χ0v) is 11.1. The molecule has 3 unspecified atom stereocenters. The van der Waals surface area contributed by atoms with Crippen LogP contribution in [0.1, 0.15) is 78.6 Å². The maximum Gasteiger partial charge on any atom is -0.0412 e. The number of hydrogen-bond donors (Lipinski definition) is 0. The Morgan fingerprint density at radius 2 is 1.67 bits per heavy atom. The molecule has 3 atom stereocenters. The van der Waals surface area contributed by atoms with Crippen molar-refractivity contribution in [1.29, 1.82) is 0 Å². The van der Waals surface area contributed by atoms with E-state index in [1.807, 2.05) is 0 Å². The topological polar surface area (TPSA) is 0 Å². The van der Waals surface area contributed by atoms with E-state index in [9.17, 15) is 0 Å². The van der Waals surface area contributed by atoms with E-state index < -0.39 is 0 Å². The lowest BCUT2D eigenvalue weighted by Crippen LogP contribution is -2.05. The van der Waals surface area contributed by atoms with Gasteiger partial charge in [0.1, 0.15) is 0 Å². The summed E-state index contributed by atoms with van der Waals surface area (Å²) in [6.07, 6.45) is 13.3. The van der Waals surface area contributed by atoms with Crippen LogP contribution in [0.3, 0.4) is 0 Å². The minimum absolute atomic E-state index is 0.980. The highest BCUT2D eigenvalue weighted by atomic mass is 14.2. The van der Waals surface area contributed by atoms with Gasteiger partial charge in [0.15, 0.2) is 0 Å². The third-order valence-corrected chi connectivity index (χ3v) is 4.30. The van der Waals surface area contributed by atoms with E-state index in [2.05, 4.69) is 20.8 Å². The zero-order chi connectivity index (χ0) is 11.1. The second-order valence-electron chi connectivity index (χ2n) is 5.78. The molecular weight excluding hydrogens is 180 g/mol. The van der Waals surface area contributed by atoms with E-state index >= 15 is 0 Å². The molecule has 1 aliphatic carbocycles. The van der Waals surface area contributed by atoms with Crippen molar-refractivity contribution >= 4 is 0 Å². The predicted molar refractivity (Wildman–Crippen MR) is 69.0 cm³/mol. The molecule has 0 bridgehead atoms. The smallest absolute Gasteiger partial charge is 0.0412 e. The summed E-state index contributed by atoms with van der Waals surface area (Å²) in [5.41, 5.74) is 0. The molecule has 1 fully saturated rings. The van der Waals surface area contributed by atoms with Crippen molar-refractivity contribution in [2.45, 2.75) is 78.6 Å². The Bertz CT molecular complexity index is 150. The lowest BCUT2D eigenvalue weighted by molar-refractivity contribution is 0.337. The molecule has 90 valence electrons. The number of hydrogen-bond acceptors (Lipinski definition) is 0. The largest absolute Gasteiger partial charge is 0.0654 e. The van der Waals surface area contributed by atoms with E-state index in [4.69, 9.17) is 0 Å². The highest BCUT2D eigenvalue weighted by Crippen LogP contribution is 2.31. The second-order valence-corrected chi connectivity index (χ2v) is 5.78. The Kier molecular flexibility index (Phi) is 6.36. The molecule has 0 aromatic carbocycles. The van der Waals surface area contributed by atoms with Crippen LogP contribution in [0, 0.1) is 17.8 Å². The first-order valence-electron chi connectivity index (χ1n) is 7.26. The SMILES string of the molecule is CCCC1CCCC(CC)CCC(C)C1. The highest BCUT2D eigenvalue weighted by molar-refractivity contribution is 4.70. The first-order valence-corrected chi connectivity index (χ1v) is 7.26. The Hall–Kier alpha value is 0. The first-order chi connectivity index (χ1) is 7.26. The highest BCUT2D eigenvalue weighted by Gasteiger charge is 2.17. The monoisotopic (exact) mass is 210 g/mol. The molecule has 1 rings (SSSR count). The van der Waals surface area contributed by atoms with E-state index in [-0.39, 0.29) is 0 Å². The molecule has 0 aromatic heterocycles. The molecule has 0 radical (unpaired) electrons. The predicted octanol–water partition coefficient (Wildman–Crippen LogP) is 5.42. The summed E-state index contributed by atoms with van der Waals surface area (Å²) in [5.74, 6) is 3.06. The summed E-state index contributed by atoms with van der Waals surface area (Å²) in [5, 5.41) is 0. The van der Waals surface area contributed by atoms with Crippen LogP contribution in [0.2, 0.25) is 0 Å². The molecule has 0 saturated heterocycles. The van der Waals surface area contributed by atoms with Crippen LogP contribution in [0.15, 0.2) is 0 Å². The van der Waals surface area contributed by atoms with Crippen LogP contribution in [0.5, 0.6) is 0 Å². The maximum absolute atomic E-state index is 2.47. The van der Waals surface area contributed by atoms with Gasteiger partial charge in [-0.3, -0.25) is 0 Å². The Labute approximate surface area is 96.8 Å². The van der Waals surface area contributed by atoms with Crippen molar-refractivity contribution in [3.8, 4) is 0 Å². The average Bonchev–Trinajstić information content (AvgIpc) is 2.30. The van der Waals surface area contributed by atoms with Crippen molar-refractivity contribution in [3.05, 3.63) is 0 Å². The molecule has 0 aliphatic heterocycles. The fraction of sp³-hybridized carbons (Fsp3) is 1.00. The average molecular weight is 210 g/mol. The van der Waals surface area contributed by atoms with Crippen LogP contribution in [-0.4, -0.2) is 0 Å². The van der Waals surface area contributed by atoms with Gasteiger partial charge in [-0.1, -0.05) is 72.1 Å². The fourth-order valence-electron chi connectivity index (χ4n) is 3.24. The molecule has 1 aliphatic rings. The third-order valence-electron chi connectivity index (χ3n) is 4.30. The Morgan fingerprint density at radius 1 is 0.933 bits per heavy atom. The molecule has 0 N–H and O–H groups in total. The van der Waals surface area contributed by atoms with Gasteiger partial charge in [0.2, 0.25) is 0 Å². The lowest BCUT2D eigenvalue weighted by atomic mass is 9.87. The van der Waals surface area contributed by atoms with E-state index in [0.29, 0.717) is 0 Å². The molecule has 1 saturated carbocycles. The quantitative estimate of drug-likeness (QED) is 0.583. The minimum atomic E-state index is 0.980. The van der Waals surface area contributed by atoms with Gasteiger partial charge >= 0.3 is 0 Å². The van der Waals surface area contributed by atoms with Crippen LogP contribution in [0.25, 0.3) is 0 Å². The molecule has 15 heavy (non-hydrogen) atoms. The molecular formula is C15H30. The zero-order valence-electron chi connectivity index (χ0n) is 11.1. The van der Waals surface area contributed by atoms with Crippen LogP contribution in [0.4, 0.5) is 0 Å². The first kappa shape index (κ1) is 13.1. The molecule has 0 nitrogen and oxygen atoms in total. The number of rotatable bonds is 3. The molecule has 0 amide bonds. The van der Waals surface area contributed by atoms with Crippen LogP contribution < -0.4 is 0 Å². The van der Waals surface area contributed by atoms with Crippen molar-refractivity contribution in [3.63, 3.8) is 0 Å². The minimum Gasteiger partial charge on any atom is -0.0654 e. The van der Waals surface area contributed by atoms with Crippen molar-refractivity contribution in [2.75, 3.05) is 0 Å². The summed E-state index contributed by atoms with van der Waals surface area (Å²) in [6, 6.07) is 0. The van der Waals surface area contributed by atoms with Gasteiger partial charge < -0.3 is 0 Å². The Morgan fingerprint density at radius 3 is 2.33 bits per heavy atom. The molecule has 0 heteroatoms. The normalized spacial score (nSPS) is 34.2. The van der Waals surface area contributed by atoms with Gasteiger partial charge in [0.25, 0.3) is 0 Å². The van der Waals surface area contributed by atoms with Gasteiger partial charge in [0.05, 0.1) is 0 Å².